The van der Waals surface area contributed by atoms with E-state index in [2.05, 4.69) is 39.3 Å². The third-order valence-electron chi connectivity index (χ3n) is 4.09. The predicted molar refractivity (Wildman–Crippen MR) is 82.4 cm³/mol. The van der Waals surface area contributed by atoms with Crippen LogP contribution < -0.4 is 5.73 Å². The second-order valence-corrected chi connectivity index (χ2v) is 5.65. The molecule has 0 aromatic carbocycles. The third kappa shape index (κ3) is 4.07. The number of hydrogen-bond donors (Lipinski definition) is 1. The van der Waals surface area contributed by atoms with Crippen LogP contribution >= 0.6 is 0 Å². The summed E-state index contributed by atoms with van der Waals surface area (Å²) in [6.07, 6.45) is 5.27. The monoisotopic (exact) mass is 265 g/mol. The Morgan fingerprint density at radius 3 is 2.26 bits per heavy atom. The Balaban J connectivity index is 3.05. The highest BCUT2D eigenvalue weighted by Gasteiger charge is 2.18. The maximum atomic E-state index is 6.15. The molecule has 3 nitrogen and oxygen atoms in total. The lowest BCUT2D eigenvalue weighted by atomic mass is 10.00. The molecule has 0 spiro atoms. The van der Waals surface area contributed by atoms with Gasteiger partial charge in [0.05, 0.1) is 5.69 Å². The largest absolute Gasteiger partial charge is 0.327 e. The molecule has 2 unspecified atom stereocenters. The lowest BCUT2D eigenvalue weighted by Crippen LogP contribution is -2.22. The zero-order valence-electron chi connectivity index (χ0n) is 13.4. The Bertz CT molecular complexity index is 382. The van der Waals surface area contributed by atoms with Gasteiger partial charge in [-0.25, -0.2) is 0 Å². The van der Waals surface area contributed by atoms with Gasteiger partial charge in [-0.05, 0) is 37.2 Å². The Labute approximate surface area is 118 Å². The molecule has 0 saturated carbocycles. The Morgan fingerprint density at radius 1 is 1.11 bits per heavy atom. The first-order valence-corrected chi connectivity index (χ1v) is 7.90. The normalized spacial score (nSPS) is 14.6. The van der Waals surface area contributed by atoms with Crippen LogP contribution in [0.3, 0.4) is 0 Å². The van der Waals surface area contributed by atoms with Gasteiger partial charge in [-0.3, -0.25) is 4.68 Å². The highest BCUT2D eigenvalue weighted by molar-refractivity contribution is 5.28. The molecule has 0 aliphatic rings. The molecule has 19 heavy (non-hydrogen) atoms. The van der Waals surface area contributed by atoms with Gasteiger partial charge in [0.2, 0.25) is 0 Å². The van der Waals surface area contributed by atoms with Crippen LogP contribution in [0, 0.1) is 5.92 Å². The van der Waals surface area contributed by atoms with E-state index in [1.165, 1.54) is 23.4 Å². The average Bonchev–Trinajstić information content (AvgIpc) is 2.75. The molecular weight excluding hydrogens is 234 g/mol. The first-order valence-electron chi connectivity index (χ1n) is 7.90. The maximum Gasteiger partial charge on any atom is 0.0657 e. The molecule has 0 radical (unpaired) electrons. The first kappa shape index (κ1) is 16.2. The third-order valence-corrected chi connectivity index (χ3v) is 4.09. The number of nitrogens with zero attached hydrogens (tertiary/aromatic N) is 2. The fourth-order valence-electron chi connectivity index (χ4n) is 2.49. The molecule has 3 heteroatoms. The SMILES string of the molecule is CCc1nn(CC(C)CC)c(CC)c1CC(N)CC. The molecule has 0 aliphatic carbocycles. The standard InChI is InChI=1S/C16H31N3/c1-6-12(5)11-19-16(9-4)14(10-13(17)7-2)15(8-3)18-19/h12-13H,6-11,17H2,1-5H3. The number of rotatable bonds is 8. The first-order chi connectivity index (χ1) is 9.07. The summed E-state index contributed by atoms with van der Waals surface area (Å²) in [5.74, 6) is 0.683. The van der Waals surface area contributed by atoms with E-state index >= 15 is 0 Å². The number of hydrogen-bond acceptors (Lipinski definition) is 2. The minimum Gasteiger partial charge on any atom is -0.327 e. The van der Waals surface area contributed by atoms with Crippen LogP contribution in [0.5, 0.6) is 0 Å². The molecule has 0 amide bonds. The van der Waals surface area contributed by atoms with Crippen LogP contribution in [0.15, 0.2) is 0 Å². The van der Waals surface area contributed by atoms with Gasteiger partial charge in [0, 0.05) is 18.3 Å². The van der Waals surface area contributed by atoms with E-state index in [1.807, 2.05) is 0 Å². The lowest BCUT2D eigenvalue weighted by Gasteiger charge is -2.13. The van der Waals surface area contributed by atoms with Gasteiger partial charge < -0.3 is 5.73 Å². The summed E-state index contributed by atoms with van der Waals surface area (Å²) in [5.41, 5.74) is 10.2. The van der Waals surface area contributed by atoms with E-state index in [0.29, 0.717) is 5.92 Å². The minimum absolute atomic E-state index is 0.261. The van der Waals surface area contributed by atoms with Crippen molar-refractivity contribution >= 4 is 0 Å². The zero-order valence-corrected chi connectivity index (χ0v) is 13.4. The molecule has 1 aromatic rings. The van der Waals surface area contributed by atoms with E-state index in [4.69, 9.17) is 10.8 Å². The number of nitrogens with two attached hydrogens (primary N) is 1. The Morgan fingerprint density at radius 2 is 1.79 bits per heavy atom. The van der Waals surface area contributed by atoms with E-state index in [0.717, 1.165) is 32.2 Å². The van der Waals surface area contributed by atoms with E-state index in [1.54, 1.807) is 0 Å². The van der Waals surface area contributed by atoms with Crippen LogP contribution in [-0.2, 0) is 25.8 Å². The van der Waals surface area contributed by atoms with Gasteiger partial charge in [-0.1, -0.05) is 41.0 Å². The molecule has 0 saturated heterocycles. The van der Waals surface area contributed by atoms with Gasteiger partial charge in [-0.2, -0.15) is 5.10 Å². The molecule has 1 heterocycles. The van der Waals surface area contributed by atoms with Crippen LogP contribution in [0.1, 0.15) is 64.4 Å². The molecular formula is C16H31N3. The molecule has 0 aliphatic heterocycles. The van der Waals surface area contributed by atoms with Crippen molar-refractivity contribution in [3.05, 3.63) is 17.0 Å². The highest BCUT2D eigenvalue weighted by atomic mass is 15.3. The molecule has 2 N–H and O–H groups in total. The topological polar surface area (TPSA) is 43.8 Å². The summed E-state index contributed by atoms with van der Waals surface area (Å²) in [7, 11) is 0. The van der Waals surface area contributed by atoms with Crippen molar-refractivity contribution in [1.29, 1.82) is 0 Å². The average molecular weight is 265 g/mol. The summed E-state index contributed by atoms with van der Waals surface area (Å²) in [6, 6.07) is 0.261. The van der Waals surface area contributed by atoms with Gasteiger partial charge in [-0.15, -0.1) is 0 Å². The predicted octanol–water partition coefficient (Wildman–Crippen LogP) is 3.33. The Hall–Kier alpha value is -0.830. The summed E-state index contributed by atoms with van der Waals surface area (Å²) in [5, 5.41) is 4.84. The molecule has 0 bridgehead atoms. The summed E-state index contributed by atoms with van der Waals surface area (Å²) >= 11 is 0. The summed E-state index contributed by atoms with van der Waals surface area (Å²) in [4.78, 5) is 0. The molecule has 2 atom stereocenters. The fraction of sp³-hybridized carbons (Fsp3) is 0.812. The van der Waals surface area contributed by atoms with Crippen LogP contribution in [-0.4, -0.2) is 15.8 Å². The zero-order chi connectivity index (χ0) is 14.4. The quantitative estimate of drug-likeness (QED) is 0.783. The second-order valence-electron chi connectivity index (χ2n) is 5.65. The van der Waals surface area contributed by atoms with Gasteiger partial charge in [0.15, 0.2) is 0 Å². The van der Waals surface area contributed by atoms with Gasteiger partial charge in [0.1, 0.15) is 0 Å². The second kappa shape index (κ2) is 7.68. The van der Waals surface area contributed by atoms with Crippen molar-refractivity contribution in [3.8, 4) is 0 Å². The van der Waals surface area contributed by atoms with Crippen molar-refractivity contribution in [2.75, 3.05) is 0 Å². The Kier molecular flexibility index (Phi) is 6.56. The smallest absolute Gasteiger partial charge is 0.0657 e. The highest BCUT2D eigenvalue weighted by Crippen LogP contribution is 2.20. The molecule has 1 rings (SSSR count). The fourth-order valence-corrected chi connectivity index (χ4v) is 2.49. The van der Waals surface area contributed by atoms with Crippen molar-refractivity contribution in [2.45, 2.75) is 79.3 Å². The molecule has 110 valence electrons. The van der Waals surface area contributed by atoms with Crippen LogP contribution in [0.25, 0.3) is 0 Å². The lowest BCUT2D eigenvalue weighted by molar-refractivity contribution is 0.427. The summed E-state index contributed by atoms with van der Waals surface area (Å²) < 4.78 is 2.24. The molecule has 1 aromatic heterocycles. The molecule has 0 fully saturated rings. The van der Waals surface area contributed by atoms with Crippen molar-refractivity contribution < 1.29 is 0 Å². The van der Waals surface area contributed by atoms with Crippen molar-refractivity contribution in [3.63, 3.8) is 0 Å². The number of aryl methyl sites for hydroxylation is 1. The maximum absolute atomic E-state index is 6.15. The summed E-state index contributed by atoms with van der Waals surface area (Å²) in [6.45, 7) is 12.2. The van der Waals surface area contributed by atoms with E-state index < -0.39 is 0 Å². The van der Waals surface area contributed by atoms with Crippen LogP contribution in [0.2, 0.25) is 0 Å². The van der Waals surface area contributed by atoms with Gasteiger partial charge >= 0.3 is 0 Å². The minimum atomic E-state index is 0.261. The van der Waals surface area contributed by atoms with Crippen molar-refractivity contribution in [1.82, 2.24) is 9.78 Å². The van der Waals surface area contributed by atoms with Crippen molar-refractivity contribution in [2.24, 2.45) is 11.7 Å². The van der Waals surface area contributed by atoms with Crippen LogP contribution in [0.4, 0.5) is 0 Å². The van der Waals surface area contributed by atoms with Gasteiger partial charge in [0.25, 0.3) is 0 Å². The number of aromatic nitrogens is 2. The van der Waals surface area contributed by atoms with E-state index in [9.17, 15) is 0 Å². The van der Waals surface area contributed by atoms with E-state index in [-0.39, 0.29) is 6.04 Å².